The number of halogens is 3. The summed E-state index contributed by atoms with van der Waals surface area (Å²) in [5.74, 6) is -3.74. The molecular formula is C26H22ClF2N3O6. The van der Waals surface area contributed by atoms with Crippen LogP contribution in [0.2, 0.25) is 5.02 Å². The summed E-state index contributed by atoms with van der Waals surface area (Å²) >= 11 is 5.87. The topological polar surface area (TPSA) is 131 Å². The van der Waals surface area contributed by atoms with Crippen LogP contribution in [0.3, 0.4) is 0 Å². The van der Waals surface area contributed by atoms with Crippen molar-refractivity contribution in [2.45, 2.75) is 57.6 Å². The van der Waals surface area contributed by atoms with Crippen molar-refractivity contribution >= 4 is 34.4 Å². The van der Waals surface area contributed by atoms with Crippen molar-refractivity contribution in [2.75, 3.05) is 0 Å². The van der Waals surface area contributed by atoms with E-state index in [9.17, 15) is 29.0 Å². The van der Waals surface area contributed by atoms with Crippen molar-refractivity contribution in [1.82, 2.24) is 14.9 Å². The zero-order valence-electron chi connectivity index (χ0n) is 20.1. The first-order valence-corrected chi connectivity index (χ1v) is 12.6. The third-order valence-electron chi connectivity index (χ3n) is 7.70. The van der Waals surface area contributed by atoms with Crippen LogP contribution in [0.4, 0.5) is 8.78 Å². The number of fused-ring (bicyclic) bond motifs is 5. The number of aliphatic hydroxyl groups excluding tert-OH is 1. The number of nitrogens with zero attached hydrogens (tertiary/aromatic N) is 2. The van der Waals surface area contributed by atoms with Gasteiger partial charge in [0.15, 0.2) is 11.4 Å². The number of aliphatic hydroxyl groups is 2. The molecule has 2 aromatic heterocycles. The van der Waals surface area contributed by atoms with Gasteiger partial charge < -0.3 is 24.8 Å². The lowest BCUT2D eigenvalue weighted by atomic mass is 9.86. The van der Waals surface area contributed by atoms with E-state index in [1.54, 1.807) is 6.92 Å². The zero-order valence-corrected chi connectivity index (χ0v) is 20.9. The standard InChI is InChI=1S/C26H22ClF2N3O6/c1-2-26(37)14-5-17-21-12(8-32(17)24(35)13(14)9-38-25(26)36)11(7-30-23(34)22(33)10-3-4-10)18-16(31-21)6-15(28)19(27)20(18)29/h5-6,10,22,33,37H,2-4,7-9H2,1H3,(H,30,34)/t22?,26-/m0/s1. The van der Waals surface area contributed by atoms with E-state index in [0.717, 1.165) is 18.9 Å². The Morgan fingerprint density at radius 3 is 2.74 bits per heavy atom. The number of carbonyl (C=O) groups excluding carboxylic acids is 2. The van der Waals surface area contributed by atoms with Gasteiger partial charge in [0.1, 0.15) is 23.6 Å². The molecule has 0 bridgehead atoms. The van der Waals surface area contributed by atoms with E-state index in [4.69, 9.17) is 16.3 Å². The SMILES string of the molecule is CC[C@@]1(O)C(=O)OCc2c1cc1n(c2=O)Cc2c-1nc1cc(F)c(Cl)c(F)c1c2CNC(=O)C(O)C1CC1. The van der Waals surface area contributed by atoms with E-state index in [2.05, 4.69) is 10.3 Å². The number of rotatable bonds is 5. The summed E-state index contributed by atoms with van der Waals surface area (Å²) in [5, 5.41) is 23.0. The number of nitrogens with one attached hydrogen (secondary N) is 1. The summed E-state index contributed by atoms with van der Waals surface area (Å²) < 4.78 is 36.2. The maximum atomic E-state index is 15.3. The first kappa shape index (κ1) is 24.9. The van der Waals surface area contributed by atoms with Crippen molar-refractivity contribution in [3.8, 4) is 11.4 Å². The Morgan fingerprint density at radius 1 is 1.32 bits per heavy atom. The Bertz CT molecular complexity index is 1640. The lowest BCUT2D eigenvalue weighted by Gasteiger charge is -2.31. The summed E-state index contributed by atoms with van der Waals surface area (Å²) in [5.41, 5.74) is -1.40. The van der Waals surface area contributed by atoms with Crippen LogP contribution in [0.25, 0.3) is 22.3 Å². The van der Waals surface area contributed by atoms with Crippen molar-refractivity contribution in [2.24, 2.45) is 5.92 Å². The highest BCUT2D eigenvalue weighted by Crippen LogP contribution is 2.41. The van der Waals surface area contributed by atoms with Gasteiger partial charge in [-0.05, 0) is 36.8 Å². The van der Waals surface area contributed by atoms with E-state index >= 15 is 4.39 Å². The van der Waals surface area contributed by atoms with Crippen LogP contribution in [-0.4, -0.2) is 37.7 Å². The first-order valence-electron chi connectivity index (χ1n) is 12.2. The van der Waals surface area contributed by atoms with E-state index < -0.39 is 45.8 Å². The van der Waals surface area contributed by atoms with Gasteiger partial charge in [0.2, 0.25) is 5.91 Å². The molecule has 0 radical (unpaired) electrons. The summed E-state index contributed by atoms with van der Waals surface area (Å²) in [4.78, 5) is 42.9. The van der Waals surface area contributed by atoms with Gasteiger partial charge in [-0.1, -0.05) is 18.5 Å². The van der Waals surface area contributed by atoms with Crippen molar-refractivity contribution < 1.29 is 33.3 Å². The third kappa shape index (κ3) is 3.49. The minimum absolute atomic E-state index is 0.0464. The number of ether oxygens (including phenoxy) is 1. The zero-order chi connectivity index (χ0) is 27.1. The Morgan fingerprint density at radius 2 is 2.05 bits per heavy atom. The first-order chi connectivity index (χ1) is 18.1. The third-order valence-corrected chi connectivity index (χ3v) is 8.05. The van der Waals surface area contributed by atoms with Gasteiger partial charge in [-0.2, -0.15) is 0 Å². The predicted octanol–water partition coefficient (Wildman–Crippen LogP) is 2.40. The Kier molecular flexibility index (Phi) is 5.60. The van der Waals surface area contributed by atoms with Gasteiger partial charge in [0.25, 0.3) is 5.56 Å². The van der Waals surface area contributed by atoms with E-state index in [-0.39, 0.29) is 71.0 Å². The van der Waals surface area contributed by atoms with Crippen LogP contribution < -0.4 is 10.9 Å². The second-order valence-corrected chi connectivity index (χ2v) is 10.3. The number of amides is 1. The van der Waals surface area contributed by atoms with Gasteiger partial charge in [0, 0.05) is 29.1 Å². The lowest BCUT2D eigenvalue weighted by molar-refractivity contribution is -0.172. The average molecular weight is 546 g/mol. The Labute approximate surface area is 219 Å². The highest BCUT2D eigenvalue weighted by Gasteiger charge is 2.45. The minimum atomic E-state index is -2.04. The summed E-state index contributed by atoms with van der Waals surface area (Å²) in [6, 6.07) is 2.44. The van der Waals surface area contributed by atoms with Gasteiger partial charge in [-0.3, -0.25) is 9.59 Å². The van der Waals surface area contributed by atoms with Crippen LogP contribution in [0.1, 0.15) is 48.4 Å². The van der Waals surface area contributed by atoms with Crippen molar-refractivity contribution in [3.63, 3.8) is 0 Å². The molecule has 1 unspecified atom stereocenters. The quantitative estimate of drug-likeness (QED) is 0.259. The number of carbonyl (C=O) groups is 2. The smallest absolute Gasteiger partial charge is 0.343 e. The molecule has 12 heteroatoms. The molecular weight excluding hydrogens is 524 g/mol. The molecule has 3 N–H and O–H groups in total. The predicted molar refractivity (Wildman–Crippen MR) is 130 cm³/mol. The number of esters is 1. The van der Waals surface area contributed by atoms with Gasteiger partial charge in [0.05, 0.1) is 29.0 Å². The van der Waals surface area contributed by atoms with Crippen molar-refractivity contribution in [3.05, 3.63) is 61.4 Å². The average Bonchev–Trinajstić information content (AvgIpc) is 3.69. The normalized spacial score (nSPS) is 20.5. The number of hydrogen-bond donors (Lipinski definition) is 3. The molecule has 1 aliphatic carbocycles. The molecule has 0 saturated heterocycles. The Balaban J connectivity index is 1.56. The molecule has 1 amide bonds. The molecule has 38 heavy (non-hydrogen) atoms. The largest absolute Gasteiger partial charge is 0.458 e. The fourth-order valence-corrected chi connectivity index (χ4v) is 5.48. The van der Waals surface area contributed by atoms with E-state index in [0.29, 0.717) is 5.56 Å². The molecule has 1 fully saturated rings. The number of aromatic nitrogens is 2. The van der Waals surface area contributed by atoms with Crippen LogP contribution >= 0.6 is 11.6 Å². The van der Waals surface area contributed by atoms with Crippen LogP contribution in [0, 0.1) is 17.6 Å². The molecule has 198 valence electrons. The molecule has 3 aromatic rings. The van der Waals surface area contributed by atoms with E-state index in [1.165, 1.54) is 10.6 Å². The van der Waals surface area contributed by atoms with E-state index in [1.807, 2.05) is 0 Å². The van der Waals surface area contributed by atoms with Crippen LogP contribution in [0.15, 0.2) is 16.9 Å². The molecule has 4 heterocycles. The molecule has 2 aliphatic heterocycles. The molecule has 9 nitrogen and oxygen atoms in total. The highest BCUT2D eigenvalue weighted by molar-refractivity contribution is 6.31. The molecule has 0 spiro atoms. The maximum Gasteiger partial charge on any atom is 0.343 e. The Hall–Kier alpha value is -3.41. The number of benzene rings is 1. The molecule has 1 aromatic carbocycles. The second kappa shape index (κ2) is 8.55. The maximum absolute atomic E-state index is 15.3. The number of hydrogen-bond acceptors (Lipinski definition) is 7. The molecule has 6 rings (SSSR count). The summed E-state index contributed by atoms with van der Waals surface area (Å²) in [6.45, 7) is 0.945. The second-order valence-electron chi connectivity index (χ2n) is 9.90. The fourth-order valence-electron chi connectivity index (χ4n) is 5.33. The summed E-state index contributed by atoms with van der Waals surface area (Å²) in [6.07, 6.45) is 0.197. The number of pyridine rings is 2. The van der Waals surface area contributed by atoms with Gasteiger partial charge >= 0.3 is 5.97 Å². The van der Waals surface area contributed by atoms with Crippen LogP contribution in [0.5, 0.6) is 0 Å². The lowest BCUT2D eigenvalue weighted by Crippen LogP contribution is -2.44. The summed E-state index contributed by atoms with van der Waals surface area (Å²) in [7, 11) is 0. The highest BCUT2D eigenvalue weighted by atomic mass is 35.5. The number of cyclic esters (lactones) is 1. The van der Waals surface area contributed by atoms with Gasteiger partial charge in [-0.25, -0.2) is 18.6 Å². The molecule has 3 aliphatic rings. The molecule has 2 atom stereocenters. The fraction of sp³-hybridized carbons (Fsp3) is 0.385. The molecule has 1 saturated carbocycles. The van der Waals surface area contributed by atoms with Gasteiger partial charge in [-0.15, -0.1) is 0 Å². The van der Waals surface area contributed by atoms with Crippen molar-refractivity contribution in [1.29, 1.82) is 0 Å². The van der Waals surface area contributed by atoms with Crippen LogP contribution in [-0.2, 0) is 39.6 Å². The monoisotopic (exact) mass is 545 g/mol. The minimum Gasteiger partial charge on any atom is -0.458 e.